The van der Waals surface area contributed by atoms with Gasteiger partial charge in [-0.3, -0.25) is 4.90 Å². The Balaban J connectivity index is 2.42. The number of anilines is 2. The average Bonchev–Trinajstić information content (AvgIpc) is 2.55. The Morgan fingerprint density at radius 2 is 1.29 bits per heavy atom. The second-order valence-corrected chi connectivity index (χ2v) is 4.40. The molecule has 0 spiro atoms. The first kappa shape index (κ1) is 14.6. The number of para-hydroxylation sites is 2. The minimum Gasteiger partial charge on any atom is -0.341 e. The maximum absolute atomic E-state index is 12.6. The van der Waals surface area contributed by atoms with Crippen LogP contribution in [0.25, 0.3) is 0 Å². The first-order valence-corrected chi connectivity index (χ1v) is 6.54. The predicted octanol–water partition coefficient (Wildman–Crippen LogP) is 3.22. The predicted molar refractivity (Wildman–Crippen MR) is 82.6 cm³/mol. The lowest BCUT2D eigenvalue weighted by Gasteiger charge is -2.27. The molecule has 0 aliphatic heterocycles. The Hall–Kier alpha value is -2.82. The number of hydrogen-bond donors (Lipinski definition) is 1. The fourth-order valence-corrected chi connectivity index (χ4v) is 1.93. The zero-order valence-corrected chi connectivity index (χ0v) is 12.0. The van der Waals surface area contributed by atoms with Gasteiger partial charge in [0.15, 0.2) is 0 Å². The van der Waals surface area contributed by atoms with Crippen LogP contribution in [0.15, 0.2) is 60.7 Å². The van der Waals surface area contributed by atoms with Gasteiger partial charge in [-0.2, -0.15) is 0 Å². The highest BCUT2D eigenvalue weighted by atomic mass is 16.2. The molecule has 0 heterocycles. The molecule has 1 N–H and O–H groups in total. The smallest absolute Gasteiger partial charge is 0.336 e. The topological polar surface area (TPSA) is 52.7 Å². The van der Waals surface area contributed by atoms with Crippen LogP contribution in [0.1, 0.15) is 0 Å². The first-order valence-electron chi connectivity index (χ1n) is 6.54. The van der Waals surface area contributed by atoms with Crippen LogP contribution in [-0.4, -0.2) is 31.1 Å². The number of rotatable bonds is 2. The molecule has 2 aromatic rings. The van der Waals surface area contributed by atoms with Crippen LogP contribution in [0.2, 0.25) is 0 Å². The Morgan fingerprint density at radius 1 is 0.857 bits per heavy atom. The summed E-state index contributed by atoms with van der Waals surface area (Å²) in [5, 5.41) is 2.44. The highest BCUT2D eigenvalue weighted by molar-refractivity contribution is 6.06. The normalized spacial score (nSPS) is 9.81. The standard InChI is InChI=1S/C16H17N3O2/c1-17-15(20)18(2)16(21)19(13-9-5-3-6-10-13)14-11-7-4-8-12-14/h3-12H,1-2H3,(H,17,20). The van der Waals surface area contributed by atoms with Gasteiger partial charge in [-0.25, -0.2) is 14.5 Å². The van der Waals surface area contributed by atoms with Crippen molar-refractivity contribution in [1.82, 2.24) is 10.2 Å². The van der Waals surface area contributed by atoms with Crippen molar-refractivity contribution in [2.45, 2.75) is 0 Å². The van der Waals surface area contributed by atoms with Crippen molar-refractivity contribution in [2.75, 3.05) is 19.0 Å². The van der Waals surface area contributed by atoms with E-state index in [1.54, 1.807) is 0 Å². The maximum atomic E-state index is 12.6. The Bertz CT molecular complexity index is 574. The lowest BCUT2D eigenvalue weighted by molar-refractivity contribution is 0.201. The number of hydrogen-bond acceptors (Lipinski definition) is 2. The summed E-state index contributed by atoms with van der Waals surface area (Å²) in [6.07, 6.45) is 0. The number of amides is 4. The molecule has 5 nitrogen and oxygen atoms in total. The fraction of sp³-hybridized carbons (Fsp3) is 0.125. The van der Waals surface area contributed by atoms with Gasteiger partial charge in [0.05, 0.1) is 11.4 Å². The molecule has 0 aromatic heterocycles. The monoisotopic (exact) mass is 283 g/mol. The van der Waals surface area contributed by atoms with Crippen molar-refractivity contribution in [3.05, 3.63) is 60.7 Å². The molecule has 0 unspecified atom stereocenters. The van der Waals surface area contributed by atoms with Crippen LogP contribution in [0.3, 0.4) is 0 Å². The van der Waals surface area contributed by atoms with Crippen molar-refractivity contribution < 1.29 is 9.59 Å². The highest BCUT2D eigenvalue weighted by Crippen LogP contribution is 2.26. The van der Waals surface area contributed by atoms with E-state index in [1.165, 1.54) is 19.0 Å². The molecule has 2 aromatic carbocycles. The summed E-state index contributed by atoms with van der Waals surface area (Å²) in [4.78, 5) is 26.9. The van der Waals surface area contributed by atoms with Crippen LogP contribution in [0.5, 0.6) is 0 Å². The van der Waals surface area contributed by atoms with Gasteiger partial charge in [-0.05, 0) is 24.3 Å². The van der Waals surface area contributed by atoms with Crippen LogP contribution < -0.4 is 10.2 Å². The van der Waals surface area contributed by atoms with E-state index in [9.17, 15) is 9.59 Å². The van der Waals surface area contributed by atoms with Gasteiger partial charge < -0.3 is 5.32 Å². The molecule has 0 aliphatic carbocycles. The van der Waals surface area contributed by atoms with Crippen LogP contribution in [-0.2, 0) is 0 Å². The van der Waals surface area contributed by atoms with Crippen molar-refractivity contribution in [2.24, 2.45) is 0 Å². The van der Waals surface area contributed by atoms with Crippen molar-refractivity contribution in [3.8, 4) is 0 Å². The molecule has 4 amide bonds. The Kier molecular flexibility index (Phi) is 4.56. The number of nitrogens with zero attached hydrogens (tertiary/aromatic N) is 2. The number of carbonyl (C=O) groups excluding carboxylic acids is 2. The molecule has 108 valence electrons. The zero-order valence-electron chi connectivity index (χ0n) is 12.0. The summed E-state index contributed by atoms with van der Waals surface area (Å²) >= 11 is 0. The van der Waals surface area contributed by atoms with E-state index in [2.05, 4.69) is 5.32 Å². The molecule has 0 fully saturated rings. The number of imide groups is 1. The summed E-state index contributed by atoms with van der Waals surface area (Å²) in [6.45, 7) is 0. The molecular formula is C16H17N3O2. The first-order chi connectivity index (χ1) is 10.1. The van der Waals surface area contributed by atoms with E-state index in [1.807, 2.05) is 60.7 Å². The molecule has 0 bridgehead atoms. The molecule has 0 saturated heterocycles. The summed E-state index contributed by atoms with van der Waals surface area (Å²) in [6, 6.07) is 17.5. The van der Waals surface area contributed by atoms with Gasteiger partial charge in [0, 0.05) is 14.1 Å². The lowest BCUT2D eigenvalue weighted by Crippen LogP contribution is -2.45. The van der Waals surface area contributed by atoms with Crippen molar-refractivity contribution in [3.63, 3.8) is 0 Å². The van der Waals surface area contributed by atoms with Crippen molar-refractivity contribution in [1.29, 1.82) is 0 Å². The van der Waals surface area contributed by atoms with Gasteiger partial charge >= 0.3 is 12.1 Å². The second-order valence-electron chi connectivity index (χ2n) is 4.40. The quantitative estimate of drug-likeness (QED) is 0.920. The molecule has 0 saturated carbocycles. The van der Waals surface area contributed by atoms with Gasteiger partial charge in [-0.15, -0.1) is 0 Å². The van der Waals surface area contributed by atoms with Crippen LogP contribution in [0, 0.1) is 0 Å². The van der Waals surface area contributed by atoms with E-state index in [0.717, 1.165) is 4.90 Å². The third kappa shape index (κ3) is 3.20. The minimum atomic E-state index is -0.461. The fourth-order valence-electron chi connectivity index (χ4n) is 1.93. The third-order valence-electron chi connectivity index (χ3n) is 3.03. The van der Waals surface area contributed by atoms with Gasteiger partial charge in [0.2, 0.25) is 0 Å². The molecule has 0 aliphatic rings. The van der Waals surface area contributed by atoms with E-state index in [4.69, 9.17) is 0 Å². The number of carbonyl (C=O) groups is 2. The molecule has 0 atom stereocenters. The molecule has 21 heavy (non-hydrogen) atoms. The van der Waals surface area contributed by atoms with Crippen LogP contribution in [0.4, 0.5) is 21.0 Å². The Morgan fingerprint density at radius 3 is 1.67 bits per heavy atom. The number of nitrogens with one attached hydrogen (secondary N) is 1. The largest absolute Gasteiger partial charge is 0.341 e. The highest BCUT2D eigenvalue weighted by Gasteiger charge is 2.24. The summed E-state index contributed by atoms with van der Waals surface area (Å²) < 4.78 is 0. The van der Waals surface area contributed by atoms with Gasteiger partial charge in [0.25, 0.3) is 0 Å². The summed E-state index contributed by atoms with van der Waals surface area (Å²) in [7, 11) is 2.93. The molecule has 5 heteroatoms. The number of urea groups is 2. The SMILES string of the molecule is CNC(=O)N(C)C(=O)N(c1ccccc1)c1ccccc1. The zero-order chi connectivity index (χ0) is 15.2. The molecule has 2 rings (SSSR count). The van der Waals surface area contributed by atoms with Crippen LogP contribution >= 0.6 is 0 Å². The molecular weight excluding hydrogens is 266 g/mol. The van der Waals surface area contributed by atoms with E-state index >= 15 is 0 Å². The van der Waals surface area contributed by atoms with E-state index in [0.29, 0.717) is 11.4 Å². The van der Waals surface area contributed by atoms with Gasteiger partial charge in [0.1, 0.15) is 0 Å². The average molecular weight is 283 g/mol. The number of benzene rings is 2. The summed E-state index contributed by atoms with van der Waals surface area (Å²) in [5.41, 5.74) is 1.40. The van der Waals surface area contributed by atoms with E-state index < -0.39 is 12.1 Å². The minimum absolute atomic E-state index is 0.424. The third-order valence-corrected chi connectivity index (χ3v) is 3.03. The van der Waals surface area contributed by atoms with E-state index in [-0.39, 0.29) is 0 Å². The van der Waals surface area contributed by atoms with Crippen molar-refractivity contribution >= 4 is 23.4 Å². The maximum Gasteiger partial charge on any atom is 0.336 e. The Labute approximate surface area is 123 Å². The summed E-state index contributed by atoms with van der Waals surface area (Å²) in [5.74, 6) is 0. The second kappa shape index (κ2) is 6.56. The molecule has 0 radical (unpaired) electrons. The van der Waals surface area contributed by atoms with Gasteiger partial charge in [-0.1, -0.05) is 36.4 Å². The lowest BCUT2D eigenvalue weighted by atomic mass is 10.2.